The highest BCUT2D eigenvalue weighted by atomic mass is 16.4. The van der Waals surface area contributed by atoms with Crippen molar-refractivity contribution >= 4 is 12.0 Å². The lowest BCUT2D eigenvalue weighted by molar-refractivity contribution is -0.137. The summed E-state index contributed by atoms with van der Waals surface area (Å²) in [6.45, 7) is 8.81. The van der Waals surface area contributed by atoms with Crippen LogP contribution in [0.25, 0.3) is 0 Å². The molecule has 1 unspecified atom stereocenters. The van der Waals surface area contributed by atoms with Crippen LogP contribution in [-0.4, -0.2) is 42.1 Å². The predicted octanol–water partition coefficient (Wildman–Crippen LogP) is 2.49. The molecule has 2 N–H and O–H groups in total. The molecule has 0 aromatic heterocycles. The summed E-state index contributed by atoms with van der Waals surface area (Å²) >= 11 is 0. The van der Waals surface area contributed by atoms with Gasteiger partial charge in [0.2, 0.25) is 0 Å². The second-order valence-corrected chi connectivity index (χ2v) is 5.04. The number of nitrogens with one attached hydrogen (secondary N) is 1. The molecule has 0 heterocycles. The minimum absolute atomic E-state index is 0.115. The highest BCUT2D eigenvalue weighted by molar-refractivity contribution is 5.74. The molecule has 0 saturated carbocycles. The summed E-state index contributed by atoms with van der Waals surface area (Å²) in [4.78, 5) is 23.8. The molecule has 0 aliphatic heterocycles. The van der Waals surface area contributed by atoms with Crippen molar-refractivity contribution in [2.45, 2.75) is 39.5 Å². The fourth-order valence-electron chi connectivity index (χ4n) is 1.88. The van der Waals surface area contributed by atoms with Crippen LogP contribution in [0.3, 0.4) is 0 Å². The lowest BCUT2D eigenvalue weighted by atomic mass is 9.97. The molecule has 0 rings (SSSR count). The summed E-state index contributed by atoms with van der Waals surface area (Å²) in [6.07, 6.45) is 2.62. The van der Waals surface area contributed by atoms with Gasteiger partial charge in [0, 0.05) is 26.6 Å². The van der Waals surface area contributed by atoms with Crippen LogP contribution in [0.2, 0.25) is 0 Å². The third kappa shape index (κ3) is 9.11. The van der Waals surface area contributed by atoms with Crippen molar-refractivity contribution in [1.29, 1.82) is 0 Å². The normalized spacial score (nSPS) is 11.7. The van der Waals surface area contributed by atoms with Gasteiger partial charge in [-0.25, -0.2) is 4.79 Å². The van der Waals surface area contributed by atoms with Gasteiger partial charge in [0.25, 0.3) is 0 Å². The minimum atomic E-state index is -0.760. The predicted molar refractivity (Wildman–Crippen MR) is 76.1 cm³/mol. The van der Waals surface area contributed by atoms with Gasteiger partial charge in [-0.2, -0.15) is 0 Å². The molecule has 2 amide bonds. The van der Waals surface area contributed by atoms with Crippen LogP contribution in [-0.2, 0) is 4.79 Å². The molecule has 0 radical (unpaired) electrons. The number of hydrogen-bond acceptors (Lipinski definition) is 2. The molecule has 0 bridgehead atoms. The van der Waals surface area contributed by atoms with Crippen molar-refractivity contribution in [3.63, 3.8) is 0 Å². The number of rotatable bonds is 9. The van der Waals surface area contributed by atoms with Crippen molar-refractivity contribution in [1.82, 2.24) is 10.2 Å². The van der Waals surface area contributed by atoms with E-state index in [2.05, 4.69) is 11.9 Å². The number of carboxylic acid groups (broad SMARTS) is 1. The highest BCUT2D eigenvalue weighted by Crippen LogP contribution is 2.14. The zero-order valence-electron chi connectivity index (χ0n) is 12.2. The van der Waals surface area contributed by atoms with Crippen LogP contribution in [0, 0.1) is 5.92 Å². The van der Waals surface area contributed by atoms with E-state index in [1.165, 1.54) is 0 Å². The largest absolute Gasteiger partial charge is 0.481 e. The van der Waals surface area contributed by atoms with E-state index < -0.39 is 5.97 Å². The number of urea groups is 1. The molecule has 0 spiro atoms. The van der Waals surface area contributed by atoms with E-state index in [0.717, 1.165) is 18.4 Å². The second-order valence-electron chi connectivity index (χ2n) is 5.04. The lowest BCUT2D eigenvalue weighted by Crippen LogP contribution is -2.38. The van der Waals surface area contributed by atoms with Crippen LogP contribution in [0.15, 0.2) is 12.2 Å². The van der Waals surface area contributed by atoms with E-state index in [-0.39, 0.29) is 12.5 Å². The van der Waals surface area contributed by atoms with E-state index >= 15 is 0 Å². The Bertz CT molecular complexity index is 316. The lowest BCUT2D eigenvalue weighted by Gasteiger charge is -2.19. The number of likely N-dealkylation sites (N-methyl/N-ethyl adjacent to an activating group) is 1. The number of carboxylic acids is 1. The van der Waals surface area contributed by atoms with Crippen molar-refractivity contribution < 1.29 is 14.7 Å². The zero-order chi connectivity index (χ0) is 14.8. The van der Waals surface area contributed by atoms with Crippen LogP contribution >= 0.6 is 0 Å². The van der Waals surface area contributed by atoms with Gasteiger partial charge in [0.15, 0.2) is 0 Å². The SMILES string of the molecule is C=C(C)CN(C)C(=O)NCCC(CC)CCC(=O)O. The topological polar surface area (TPSA) is 69.6 Å². The number of carbonyl (C=O) groups is 2. The van der Waals surface area contributed by atoms with E-state index in [1.807, 2.05) is 13.8 Å². The van der Waals surface area contributed by atoms with Gasteiger partial charge in [-0.1, -0.05) is 25.5 Å². The zero-order valence-corrected chi connectivity index (χ0v) is 12.2. The molecular weight excluding hydrogens is 244 g/mol. The van der Waals surface area contributed by atoms with Crippen molar-refractivity contribution in [3.8, 4) is 0 Å². The first kappa shape index (κ1) is 17.5. The standard InChI is InChI=1S/C14H26N2O3/c1-5-12(6-7-13(17)18)8-9-15-14(19)16(4)10-11(2)3/h12H,2,5-10H2,1,3-4H3,(H,15,19)(H,17,18). The Kier molecular flexibility index (Phi) is 8.66. The molecular formula is C14H26N2O3. The van der Waals surface area contributed by atoms with Crippen LogP contribution in [0.5, 0.6) is 0 Å². The summed E-state index contributed by atoms with van der Waals surface area (Å²) in [5.74, 6) is -0.411. The van der Waals surface area contributed by atoms with Crippen molar-refractivity contribution in [3.05, 3.63) is 12.2 Å². The van der Waals surface area contributed by atoms with Gasteiger partial charge >= 0.3 is 12.0 Å². The summed E-state index contributed by atoms with van der Waals surface area (Å²) in [5.41, 5.74) is 0.936. The first-order valence-electron chi connectivity index (χ1n) is 6.71. The molecule has 19 heavy (non-hydrogen) atoms. The molecule has 1 atom stereocenters. The number of carbonyl (C=O) groups excluding carboxylic acids is 1. The quantitative estimate of drug-likeness (QED) is 0.632. The fraction of sp³-hybridized carbons (Fsp3) is 0.714. The first-order chi connectivity index (χ1) is 8.86. The van der Waals surface area contributed by atoms with Gasteiger partial charge < -0.3 is 15.3 Å². The van der Waals surface area contributed by atoms with E-state index in [9.17, 15) is 9.59 Å². The minimum Gasteiger partial charge on any atom is -0.481 e. The molecule has 0 aliphatic carbocycles. The number of amides is 2. The summed E-state index contributed by atoms with van der Waals surface area (Å²) < 4.78 is 0. The Morgan fingerprint density at radius 2 is 2.00 bits per heavy atom. The molecule has 0 aliphatic rings. The highest BCUT2D eigenvalue weighted by Gasteiger charge is 2.11. The Balaban J connectivity index is 3.89. The average molecular weight is 270 g/mol. The van der Waals surface area contributed by atoms with Gasteiger partial charge in [-0.3, -0.25) is 4.79 Å². The van der Waals surface area contributed by atoms with Crippen LogP contribution in [0.4, 0.5) is 4.79 Å². The molecule has 0 fully saturated rings. The Morgan fingerprint density at radius 3 is 2.47 bits per heavy atom. The molecule has 110 valence electrons. The monoisotopic (exact) mass is 270 g/mol. The Morgan fingerprint density at radius 1 is 1.37 bits per heavy atom. The van der Waals surface area contributed by atoms with Gasteiger partial charge in [0.1, 0.15) is 0 Å². The molecule has 0 saturated heterocycles. The van der Waals surface area contributed by atoms with E-state index in [4.69, 9.17) is 5.11 Å². The maximum absolute atomic E-state index is 11.7. The van der Waals surface area contributed by atoms with Crippen LogP contribution < -0.4 is 5.32 Å². The fourth-order valence-corrected chi connectivity index (χ4v) is 1.88. The molecule has 0 aromatic rings. The molecule has 5 nitrogen and oxygen atoms in total. The Labute approximate surface area is 115 Å². The maximum atomic E-state index is 11.7. The second kappa shape index (κ2) is 9.42. The molecule has 0 aromatic carbocycles. The summed E-state index contributed by atoms with van der Waals surface area (Å²) in [7, 11) is 1.73. The van der Waals surface area contributed by atoms with Gasteiger partial charge in [-0.15, -0.1) is 0 Å². The maximum Gasteiger partial charge on any atom is 0.317 e. The molecule has 5 heteroatoms. The van der Waals surface area contributed by atoms with Crippen LogP contribution in [0.1, 0.15) is 39.5 Å². The average Bonchev–Trinajstić information content (AvgIpc) is 2.31. The van der Waals surface area contributed by atoms with E-state index in [0.29, 0.717) is 25.4 Å². The first-order valence-corrected chi connectivity index (χ1v) is 6.71. The smallest absolute Gasteiger partial charge is 0.317 e. The number of hydrogen-bond donors (Lipinski definition) is 2. The number of aliphatic carboxylic acids is 1. The Hall–Kier alpha value is -1.52. The number of nitrogens with zero attached hydrogens (tertiary/aromatic N) is 1. The van der Waals surface area contributed by atoms with Crippen molar-refractivity contribution in [2.75, 3.05) is 20.1 Å². The van der Waals surface area contributed by atoms with Gasteiger partial charge in [0.05, 0.1) is 0 Å². The van der Waals surface area contributed by atoms with E-state index in [1.54, 1.807) is 11.9 Å². The van der Waals surface area contributed by atoms with Gasteiger partial charge in [-0.05, 0) is 25.7 Å². The van der Waals surface area contributed by atoms with Crippen molar-refractivity contribution in [2.24, 2.45) is 5.92 Å². The third-order valence-electron chi connectivity index (χ3n) is 3.03. The third-order valence-corrected chi connectivity index (χ3v) is 3.03. The summed E-state index contributed by atoms with van der Waals surface area (Å²) in [6, 6.07) is -0.115. The summed E-state index contributed by atoms with van der Waals surface area (Å²) in [5, 5.41) is 11.5.